The molecule has 0 spiro atoms. The quantitative estimate of drug-likeness (QED) is 0.426. The van der Waals surface area contributed by atoms with E-state index in [0.717, 1.165) is 25.4 Å². The molecular formula is C22H42O2. The molecule has 1 N–H and O–H groups in total. The third-order valence-corrected chi connectivity index (χ3v) is 6.39. The highest BCUT2D eigenvalue weighted by molar-refractivity contribution is 4.88. The van der Waals surface area contributed by atoms with Crippen LogP contribution in [0.5, 0.6) is 0 Å². The first-order chi connectivity index (χ1) is 11.8. The first-order valence-electron chi connectivity index (χ1n) is 11.1. The maximum atomic E-state index is 9.97. The van der Waals surface area contributed by atoms with Gasteiger partial charge in [0.15, 0.2) is 0 Å². The molecule has 0 heterocycles. The van der Waals surface area contributed by atoms with E-state index < -0.39 is 0 Å². The summed E-state index contributed by atoms with van der Waals surface area (Å²) in [5, 5.41) is 9.97. The van der Waals surface area contributed by atoms with Crippen LogP contribution in [0, 0.1) is 11.8 Å². The van der Waals surface area contributed by atoms with Gasteiger partial charge in [-0.3, -0.25) is 0 Å². The summed E-state index contributed by atoms with van der Waals surface area (Å²) in [4.78, 5) is 0. The minimum Gasteiger partial charge on any atom is -0.393 e. The Morgan fingerprint density at radius 3 is 2.17 bits per heavy atom. The average molecular weight is 339 g/mol. The van der Waals surface area contributed by atoms with Gasteiger partial charge in [-0.1, -0.05) is 71.1 Å². The summed E-state index contributed by atoms with van der Waals surface area (Å²) < 4.78 is 6.26. The van der Waals surface area contributed by atoms with Gasteiger partial charge in [-0.15, -0.1) is 0 Å². The van der Waals surface area contributed by atoms with E-state index in [1.165, 1.54) is 89.9 Å². The van der Waals surface area contributed by atoms with Gasteiger partial charge in [-0.05, 0) is 50.4 Å². The van der Waals surface area contributed by atoms with E-state index in [2.05, 4.69) is 6.92 Å². The van der Waals surface area contributed by atoms with E-state index in [1.54, 1.807) is 0 Å². The van der Waals surface area contributed by atoms with Gasteiger partial charge >= 0.3 is 0 Å². The molecule has 0 aromatic rings. The fraction of sp³-hybridized carbons (Fsp3) is 1.00. The van der Waals surface area contributed by atoms with Crippen molar-refractivity contribution >= 4 is 0 Å². The molecule has 2 rings (SSSR count). The third-order valence-electron chi connectivity index (χ3n) is 6.39. The van der Waals surface area contributed by atoms with E-state index in [-0.39, 0.29) is 6.10 Å². The number of ether oxygens (including phenoxy) is 1. The SMILES string of the molecule is CCCCCCCCCCCCOC1CCCC2CCC(O)CC21. The predicted molar refractivity (Wildman–Crippen MR) is 102 cm³/mol. The lowest BCUT2D eigenvalue weighted by Gasteiger charge is -2.42. The molecule has 2 heteroatoms. The molecular weight excluding hydrogens is 296 g/mol. The Kier molecular flexibility index (Phi) is 10.4. The van der Waals surface area contributed by atoms with Crippen LogP contribution in [0.2, 0.25) is 0 Å². The maximum Gasteiger partial charge on any atom is 0.0606 e. The van der Waals surface area contributed by atoms with Gasteiger partial charge in [0, 0.05) is 6.61 Å². The Hall–Kier alpha value is -0.0800. The third kappa shape index (κ3) is 7.44. The summed E-state index contributed by atoms with van der Waals surface area (Å²) in [6, 6.07) is 0. The van der Waals surface area contributed by atoms with E-state index in [0.29, 0.717) is 12.0 Å². The summed E-state index contributed by atoms with van der Waals surface area (Å²) in [5.41, 5.74) is 0. The molecule has 24 heavy (non-hydrogen) atoms. The number of aliphatic hydroxyl groups excluding tert-OH is 1. The highest BCUT2D eigenvalue weighted by Crippen LogP contribution is 2.41. The summed E-state index contributed by atoms with van der Waals surface area (Å²) in [5.74, 6) is 1.48. The Labute approximate surface area is 150 Å². The van der Waals surface area contributed by atoms with Crippen LogP contribution < -0.4 is 0 Å². The monoisotopic (exact) mass is 338 g/mol. The molecule has 0 bridgehead atoms. The van der Waals surface area contributed by atoms with Gasteiger partial charge in [-0.25, -0.2) is 0 Å². The highest BCUT2D eigenvalue weighted by atomic mass is 16.5. The maximum absolute atomic E-state index is 9.97. The minimum absolute atomic E-state index is 0.0622. The van der Waals surface area contributed by atoms with E-state index in [9.17, 15) is 5.11 Å². The first kappa shape index (κ1) is 20.2. The molecule has 0 radical (unpaired) electrons. The standard InChI is InChI=1S/C22H42O2/c1-2-3-4-5-6-7-8-9-10-11-17-24-22-14-12-13-19-15-16-20(23)18-21(19)22/h19-23H,2-18H2,1H3. The normalized spacial score (nSPS) is 30.2. The van der Waals surface area contributed by atoms with Gasteiger partial charge in [0.25, 0.3) is 0 Å². The van der Waals surface area contributed by atoms with Crippen molar-refractivity contribution in [3.63, 3.8) is 0 Å². The molecule has 0 amide bonds. The van der Waals surface area contributed by atoms with E-state index in [1.807, 2.05) is 0 Å². The molecule has 0 aliphatic heterocycles. The van der Waals surface area contributed by atoms with Crippen LogP contribution in [-0.2, 0) is 4.74 Å². The second kappa shape index (κ2) is 12.3. The number of fused-ring (bicyclic) bond motifs is 1. The number of rotatable bonds is 12. The summed E-state index contributed by atoms with van der Waals surface area (Å²) in [6.07, 6.45) is 21.4. The lowest BCUT2D eigenvalue weighted by molar-refractivity contribution is -0.0701. The van der Waals surface area contributed by atoms with Crippen molar-refractivity contribution in [3.8, 4) is 0 Å². The fourth-order valence-electron chi connectivity index (χ4n) is 4.89. The van der Waals surface area contributed by atoms with E-state index in [4.69, 9.17) is 4.74 Å². The summed E-state index contributed by atoms with van der Waals surface area (Å²) in [6.45, 7) is 3.23. The molecule has 142 valence electrons. The molecule has 0 aromatic heterocycles. The van der Waals surface area contributed by atoms with Crippen molar-refractivity contribution in [1.29, 1.82) is 0 Å². The molecule has 2 fully saturated rings. The Balaban J connectivity index is 1.45. The lowest BCUT2D eigenvalue weighted by atomic mass is 9.68. The van der Waals surface area contributed by atoms with Gasteiger partial charge in [0.05, 0.1) is 12.2 Å². The lowest BCUT2D eigenvalue weighted by Crippen LogP contribution is -2.40. The summed E-state index contributed by atoms with van der Waals surface area (Å²) in [7, 11) is 0. The molecule has 0 aromatic carbocycles. The molecule has 2 nitrogen and oxygen atoms in total. The Morgan fingerprint density at radius 2 is 1.46 bits per heavy atom. The smallest absolute Gasteiger partial charge is 0.0606 e. The zero-order valence-electron chi connectivity index (χ0n) is 16.2. The van der Waals surface area contributed by atoms with Crippen molar-refractivity contribution in [2.45, 2.75) is 122 Å². The van der Waals surface area contributed by atoms with Crippen LogP contribution >= 0.6 is 0 Å². The second-order valence-corrected chi connectivity index (χ2v) is 8.41. The second-order valence-electron chi connectivity index (χ2n) is 8.41. The molecule has 4 atom stereocenters. The molecule has 2 aliphatic rings. The van der Waals surface area contributed by atoms with Crippen LogP contribution in [0.25, 0.3) is 0 Å². The van der Waals surface area contributed by atoms with Crippen molar-refractivity contribution in [2.24, 2.45) is 11.8 Å². The number of aliphatic hydroxyl groups is 1. The summed E-state index contributed by atoms with van der Waals surface area (Å²) >= 11 is 0. The van der Waals surface area contributed by atoms with Gasteiger partial charge in [-0.2, -0.15) is 0 Å². The zero-order chi connectivity index (χ0) is 17.0. The largest absolute Gasteiger partial charge is 0.393 e. The average Bonchev–Trinajstić information content (AvgIpc) is 2.60. The molecule has 2 aliphatic carbocycles. The van der Waals surface area contributed by atoms with Crippen molar-refractivity contribution in [1.82, 2.24) is 0 Å². The van der Waals surface area contributed by atoms with Crippen LogP contribution in [0.3, 0.4) is 0 Å². The van der Waals surface area contributed by atoms with Crippen LogP contribution in [0.1, 0.15) is 110 Å². The van der Waals surface area contributed by atoms with Crippen LogP contribution in [-0.4, -0.2) is 23.9 Å². The predicted octanol–water partition coefficient (Wildman–Crippen LogP) is 6.25. The number of unbranched alkanes of at least 4 members (excludes halogenated alkanes) is 9. The van der Waals surface area contributed by atoms with Gasteiger partial charge in [0.1, 0.15) is 0 Å². The van der Waals surface area contributed by atoms with Gasteiger partial charge in [0.2, 0.25) is 0 Å². The zero-order valence-corrected chi connectivity index (χ0v) is 16.2. The molecule has 0 saturated heterocycles. The fourth-order valence-corrected chi connectivity index (χ4v) is 4.89. The Bertz CT molecular complexity index is 304. The topological polar surface area (TPSA) is 29.5 Å². The molecule has 2 saturated carbocycles. The number of hydrogen-bond donors (Lipinski definition) is 1. The van der Waals surface area contributed by atoms with E-state index >= 15 is 0 Å². The Morgan fingerprint density at radius 1 is 0.792 bits per heavy atom. The first-order valence-corrected chi connectivity index (χ1v) is 11.1. The van der Waals surface area contributed by atoms with Gasteiger partial charge < -0.3 is 9.84 Å². The highest BCUT2D eigenvalue weighted by Gasteiger charge is 2.38. The number of hydrogen-bond acceptors (Lipinski definition) is 2. The van der Waals surface area contributed by atoms with Crippen LogP contribution in [0.4, 0.5) is 0 Å². The minimum atomic E-state index is -0.0622. The molecule has 4 unspecified atom stereocenters. The van der Waals surface area contributed by atoms with Crippen molar-refractivity contribution in [2.75, 3.05) is 6.61 Å². The van der Waals surface area contributed by atoms with Crippen molar-refractivity contribution < 1.29 is 9.84 Å². The van der Waals surface area contributed by atoms with Crippen molar-refractivity contribution in [3.05, 3.63) is 0 Å². The van der Waals surface area contributed by atoms with Crippen LogP contribution in [0.15, 0.2) is 0 Å².